The average Bonchev–Trinajstić information content (AvgIpc) is 2.53. The third-order valence-electron chi connectivity index (χ3n) is 4.03. The van der Waals surface area contributed by atoms with Crippen molar-refractivity contribution in [3.63, 3.8) is 0 Å². The first-order chi connectivity index (χ1) is 11.3. The fourth-order valence-corrected chi connectivity index (χ4v) is 2.83. The van der Waals surface area contributed by atoms with E-state index in [-0.39, 0.29) is 17.4 Å². The highest BCUT2D eigenvalue weighted by Gasteiger charge is 2.21. The number of carbonyl (C=O) groups excluding carboxylic acids is 1. The van der Waals surface area contributed by atoms with E-state index in [2.05, 4.69) is 38.2 Å². The zero-order chi connectivity index (χ0) is 17.6. The number of carbonyl (C=O) groups is 1. The molecule has 24 heavy (non-hydrogen) atoms. The van der Waals surface area contributed by atoms with E-state index in [1.807, 2.05) is 42.5 Å². The lowest BCUT2D eigenvalue weighted by atomic mass is 9.85. The van der Waals surface area contributed by atoms with Gasteiger partial charge in [-0.15, -0.1) is 0 Å². The molecule has 3 heteroatoms. The Morgan fingerprint density at radius 2 is 1.67 bits per heavy atom. The van der Waals surface area contributed by atoms with Crippen molar-refractivity contribution in [1.82, 2.24) is 5.32 Å². The van der Waals surface area contributed by atoms with Gasteiger partial charge in [0, 0.05) is 12.1 Å². The fraction of sp³-hybridized carbons (Fsp3) is 0.381. The topological polar surface area (TPSA) is 55.1 Å². The lowest BCUT2D eigenvalue weighted by Crippen LogP contribution is -2.31. The number of benzene rings is 2. The number of nitrogen functional groups attached to an aromatic ring is 1. The van der Waals surface area contributed by atoms with Crippen molar-refractivity contribution < 1.29 is 4.79 Å². The predicted molar refractivity (Wildman–Crippen MR) is 101 cm³/mol. The van der Waals surface area contributed by atoms with Crippen LogP contribution >= 0.6 is 0 Å². The highest BCUT2D eigenvalue weighted by Crippen LogP contribution is 2.29. The molecule has 3 N–H and O–H groups in total. The molecule has 0 aliphatic carbocycles. The summed E-state index contributed by atoms with van der Waals surface area (Å²) in [6.45, 7) is 6.58. The molecule has 0 aliphatic rings. The van der Waals surface area contributed by atoms with Crippen molar-refractivity contribution in [1.29, 1.82) is 0 Å². The average molecular weight is 324 g/mol. The van der Waals surface area contributed by atoms with Crippen LogP contribution in [0.1, 0.15) is 50.8 Å². The van der Waals surface area contributed by atoms with Crippen LogP contribution in [0, 0.1) is 5.41 Å². The standard InChI is InChI=1S/C21H28N2O/c1-21(2,3)15-19(17-10-5-4-6-11-17)23-20(24)14-13-16-9-7-8-12-18(16)22/h4-12,19H,13-15,22H2,1-3H3,(H,23,24). The number of amides is 1. The first kappa shape index (κ1) is 18.1. The molecule has 128 valence electrons. The Morgan fingerprint density at radius 3 is 2.29 bits per heavy atom. The Hall–Kier alpha value is -2.29. The maximum absolute atomic E-state index is 12.4. The summed E-state index contributed by atoms with van der Waals surface area (Å²) < 4.78 is 0. The van der Waals surface area contributed by atoms with Crippen LogP contribution in [0.15, 0.2) is 54.6 Å². The van der Waals surface area contributed by atoms with Gasteiger partial charge in [-0.05, 0) is 35.4 Å². The van der Waals surface area contributed by atoms with Crippen LogP contribution < -0.4 is 11.1 Å². The van der Waals surface area contributed by atoms with Gasteiger partial charge in [0.15, 0.2) is 0 Å². The molecular weight excluding hydrogens is 296 g/mol. The van der Waals surface area contributed by atoms with Crippen molar-refractivity contribution in [3.8, 4) is 0 Å². The van der Waals surface area contributed by atoms with Crippen LogP contribution in [0.2, 0.25) is 0 Å². The Bertz CT molecular complexity index is 659. The summed E-state index contributed by atoms with van der Waals surface area (Å²) in [4.78, 5) is 12.4. The molecular formula is C21H28N2O. The van der Waals surface area contributed by atoms with E-state index in [1.165, 1.54) is 0 Å². The summed E-state index contributed by atoms with van der Waals surface area (Å²) in [5.74, 6) is 0.0661. The molecule has 1 atom stereocenters. The molecule has 0 saturated carbocycles. The van der Waals surface area contributed by atoms with E-state index in [4.69, 9.17) is 5.73 Å². The number of hydrogen-bond donors (Lipinski definition) is 2. The van der Waals surface area contributed by atoms with Gasteiger partial charge in [0.1, 0.15) is 0 Å². The van der Waals surface area contributed by atoms with Gasteiger partial charge in [-0.25, -0.2) is 0 Å². The maximum atomic E-state index is 12.4. The van der Waals surface area contributed by atoms with Crippen molar-refractivity contribution in [2.24, 2.45) is 5.41 Å². The zero-order valence-corrected chi connectivity index (χ0v) is 14.9. The summed E-state index contributed by atoms with van der Waals surface area (Å²) >= 11 is 0. The van der Waals surface area contributed by atoms with E-state index < -0.39 is 0 Å². The minimum atomic E-state index is 0.0341. The quantitative estimate of drug-likeness (QED) is 0.769. The second-order valence-corrected chi connectivity index (χ2v) is 7.49. The van der Waals surface area contributed by atoms with Crippen LogP contribution in [0.25, 0.3) is 0 Å². The monoisotopic (exact) mass is 324 g/mol. The molecule has 1 unspecified atom stereocenters. The number of nitrogens with one attached hydrogen (secondary N) is 1. The van der Waals surface area contributed by atoms with Crippen LogP contribution in [0.4, 0.5) is 5.69 Å². The lowest BCUT2D eigenvalue weighted by Gasteiger charge is -2.27. The Labute approximate surface area is 145 Å². The van der Waals surface area contributed by atoms with Crippen LogP contribution in [-0.4, -0.2) is 5.91 Å². The molecule has 2 rings (SSSR count). The molecule has 0 saturated heterocycles. The molecule has 1 amide bonds. The summed E-state index contributed by atoms with van der Waals surface area (Å²) in [5.41, 5.74) is 9.02. The normalized spacial score (nSPS) is 12.6. The molecule has 0 aliphatic heterocycles. The predicted octanol–water partition coefficient (Wildman–Crippen LogP) is 4.50. The van der Waals surface area contributed by atoms with E-state index in [0.717, 1.165) is 23.2 Å². The molecule has 0 aromatic heterocycles. The van der Waals surface area contributed by atoms with Gasteiger partial charge in [-0.2, -0.15) is 0 Å². The maximum Gasteiger partial charge on any atom is 0.220 e. The van der Waals surface area contributed by atoms with Gasteiger partial charge in [0.2, 0.25) is 5.91 Å². The highest BCUT2D eigenvalue weighted by molar-refractivity contribution is 5.77. The molecule has 2 aromatic carbocycles. The first-order valence-corrected chi connectivity index (χ1v) is 8.53. The number of hydrogen-bond acceptors (Lipinski definition) is 2. The minimum absolute atomic E-state index is 0.0341. The van der Waals surface area contributed by atoms with Crippen LogP contribution in [-0.2, 0) is 11.2 Å². The largest absolute Gasteiger partial charge is 0.399 e. The smallest absolute Gasteiger partial charge is 0.220 e. The lowest BCUT2D eigenvalue weighted by molar-refractivity contribution is -0.122. The third kappa shape index (κ3) is 5.73. The van der Waals surface area contributed by atoms with Gasteiger partial charge >= 0.3 is 0 Å². The van der Waals surface area contributed by atoms with Gasteiger partial charge < -0.3 is 11.1 Å². The van der Waals surface area contributed by atoms with E-state index >= 15 is 0 Å². The minimum Gasteiger partial charge on any atom is -0.399 e. The van der Waals surface area contributed by atoms with Crippen LogP contribution in [0.5, 0.6) is 0 Å². The van der Waals surface area contributed by atoms with Crippen molar-refractivity contribution in [2.75, 3.05) is 5.73 Å². The van der Waals surface area contributed by atoms with Gasteiger partial charge in [0.25, 0.3) is 0 Å². The highest BCUT2D eigenvalue weighted by atomic mass is 16.1. The first-order valence-electron chi connectivity index (χ1n) is 8.53. The summed E-state index contributed by atoms with van der Waals surface area (Å²) in [7, 11) is 0. The molecule has 0 spiro atoms. The third-order valence-corrected chi connectivity index (χ3v) is 4.03. The molecule has 0 bridgehead atoms. The summed E-state index contributed by atoms with van der Waals surface area (Å²) in [5, 5.41) is 3.20. The summed E-state index contributed by atoms with van der Waals surface area (Å²) in [6, 6.07) is 17.9. The number of rotatable bonds is 6. The number of para-hydroxylation sites is 1. The Balaban J connectivity index is 2.01. The molecule has 3 nitrogen and oxygen atoms in total. The Kier molecular flexibility index (Phi) is 6.02. The number of anilines is 1. The van der Waals surface area contributed by atoms with E-state index in [1.54, 1.807) is 0 Å². The van der Waals surface area contributed by atoms with Gasteiger partial charge in [0.05, 0.1) is 6.04 Å². The molecule has 2 aromatic rings. The number of aryl methyl sites for hydroxylation is 1. The SMILES string of the molecule is CC(C)(C)CC(NC(=O)CCc1ccccc1N)c1ccccc1. The van der Waals surface area contributed by atoms with Crippen molar-refractivity contribution in [3.05, 3.63) is 65.7 Å². The second kappa shape index (κ2) is 8.00. The molecule has 0 heterocycles. The molecule has 0 radical (unpaired) electrons. The van der Waals surface area contributed by atoms with Crippen molar-refractivity contribution in [2.45, 2.75) is 46.1 Å². The van der Waals surface area contributed by atoms with Crippen LogP contribution in [0.3, 0.4) is 0 Å². The summed E-state index contributed by atoms with van der Waals surface area (Å²) in [6.07, 6.45) is 2.01. The second-order valence-electron chi connectivity index (χ2n) is 7.49. The molecule has 0 fully saturated rings. The zero-order valence-electron chi connectivity index (χ0n) is 14.9. The Morgan fingerprint density at radius 1 is 1.04 bits per heavy atom. The van der Waals surface area contributed by atoms with E-state index in [0.29, 0.717) is 12.8 Å². The van der Waals surface area contributed by atoms with Gasteiger partial charge in [-0.1, -0.05) is 69.3 Å². The van der Waals surface area contributed by atoms with E-state index in [9.17, 15) is 4.79 Å². The van der Waals surface area contributed by atoms with Gasteiger partial charge in [-0.3, -0.25) is 4.79 Å². The number of nitrogens with two attached hydrogens (primary N) is 1. The fourth-order valence-electron chi connectivity index (χ4n) is 2.83. The van der Waals surface area contributed by atoms with Crippen molar-refractivity contribution >= 4 is 11.6 Å².